The number of likely N-dealkylation sites (tertiary alicyclic amines) is 2. The molecular weight excluding hydrogens is 550 g/mol. The van der Waals surface area contributed by atoms with E-state index in [1.165, 1.54) is 12.8 Å². The fraction of sp³-hybridized carbons (Fsp3) is 0.469. The van der Waals surface area contributed by atoms with E-state index in [0.717, 1.165) is 48.3 Å². The van der Waals surface area contributed by atoms with Gasteiger partial charge in [-0.2, -0.15) is 4.98 Å². The maximum atomic E-state index is 13.4. The van der Waals surface area contributed by atoms with Gasteiger partial charge in [-0.1, -0.05) is 30.3 Å². The van der Waals surface area contributed by atoms with Gasteiger partial charge < -0.3 is 14.5 Å². The lowest BCUT2D eigenvalue weighted by atomic mass is 9.81. The molecule has 4 bridgehead atoms. The zero-order valence-corrected chi connectivity index (χ0v) is 25.2. The molecule has 3 aliphatic rings. The van der Waals surface area contributed by atoms with Crippen LogP contribution >= 0.6 is 0 Å². The average Bonchev–Trinajstić information content (AvgIpc) is 3.49. The maximum absolute atomic E-state index is 13.4. The molecule has 0 saturated carbocycles. The van der Waals surface area contributed by atoms with E-state index >= 15 is 0 Å². The summed E-state index contributed by atoms with van der Waals surface area (Å²) in [6, 6.07) is 14.9. The van der Waals surface area contributed by atoms with E-state index in [1.54, 1.807) is 24.3 Å². The van der Waals surface area contributed by atoms with Crippen molar-refractivity contribution >= 4 is 21.9 Å². The molecule has 1 aromatic heterocycles. The van der Waals surface area contributed by atoms with Crippen LogP contribution in [0.25, 0.3) is 11.3 Å². The van der Waals surface area contributed by atoms with E-state index in [1.807, 2.05) is 43.0 Å². The third-order valence-electron chi connectivity index (χ3n) is 8.90. The summed E-state index contributed by atoms with van der Waals surface area (Å²) >= 11 is 0. The molecule has 10 heteroatoms. The summed E-state index contributed by atoms with van der Waals surface area (Å²) in [7, 11) is -3.93. The van der Waals surface area contributed by atoms with E-state index in [-0.39, 0.29) is 28.6 Å². The van der Waals surface area contributed by atoms with E-state index < -0.39 is 10.0 Å². The molecule has 1 N–H and O–H groups in total. The summed E-state index contributed by atoms with van der Waals surface area (Å²) in [4.78, 5) is 26.9. The van der Waals surface area contributed by atoms with Crippen molar-refractivity contribution in [3.05, 3.63) is 65.2 Å². The molecule has 2 saturated heterocycles. The fourth-order valence-electron chi connectivity index (χ4n) is 6.59. The Kier molecular flexibility index (Phi) is 8.18. The van der Waals surface area contributed by atoms with Crippen LogP contribution in [-0.2, 0) is 21.2 Å². The number of hydrogen-bond acceptors (Lipinski definition) is 7. The van der Waals surface area contributed by atoms with Gasteiger partial charge in [0.05, 0.1) is 17.2 Å². The number of benzene rings is 2. The normalized spacial score (nSPS) is 22.1. The molecule has 4 heterocycles. The molecule has 6 rings (SSSR count). The number of fused-ring (bicyclic) bond motifs is 5. The summed E-state index contributed by atoms with van der Waals surface area (Å²) < 4.78 is 35.8. The number of anilines is 1. The number of nitrogens with zero attached hydrogens (tertiary/aromatic N) is 4. The standard InChI is InChI=1S/C32H39N5O4S/c1-22-7-5-8-23(2)31(22)28-19-29-34-32(33-28)35-42(39,40)27-10-6-9-24(18-27)17-25-11-16-37(20-26(25)21-41-29)30(38)12-15-36-13-3-4-14-36/h5-10,18-19,25-26H,3-4,11-17,20-21H2,1-2H3,(H,33,34,35). The van der Waals surface area contributed by atoms with Gasteiger partial charge in [-0.15, -0.1) is 0 Å². The van der Waals surface area contributed by atoms with Crippen LogP contribution in [0.1, 0.15) is 42.4 Å². The van der Waals surface area contributed by atoms with Crippen molar-refractivity contribution in [3.63, 3.8) is 0 Å². The second-order valence-electron chi connectivity index (χ2n) is 11.9. The van der Waals surface area contributed by atoms with Crippen LogP contribution < -0.4 is 9.46 Å². The van der Waals surface area contributed by atoms with Gasteiger partial charge in [-0.3, -0.25) is 4.79 Å². The van der Waals surface area contributed by atoms with Crippen LogP contribution in [0.4, 0.5) is 5.95 Å². The van der Waals surface area contributed by atoms with Crippen molar-refractivity contribution in [2.24, 2.45) is 11.8 Å². The number of hydrogen-bond donors (Lipinski definition) is 1. The fourth-order valence-corrected chi connectivity index (χ4v) is 7.60. The molecule has 42 heavy (non-hydrogen) atoms. The van der Waals surface area contributed by atoms with Crippen molar-refractivity contribution in [2.45, 2.75) is 50.8 Å². The lowest BCUT2D eigenvalue weighted by molar-refractivity contribution is -0.134. The Labute approximate surface area is 248 Å². The second kappa shape index (κ2) is 12.0. The zero-order valence-electron chi connectivity index (χ0n) is 24.4. The minimum atomic E-state index is -3.93. The lowest BCUT2D eigenvalue weighted by Gasteiger charge is -2.39. The molecule has 2 atom stereocenters. The molecule has 2 aromatic carbocycles. The lowest BCUT2D eigenvalue weighted by Crippen LogP contribution is -2.46. The number of carbonyl (C=O) groups excluding carboxylic acids is 1. The first-order chi connectivity index (χ1) is 20.2. The van der Waals surface area contributed by atoms with Crippen molar-refractivity contribution < 1.29 is 17.9 Å². The van der Waals surface area contributed by atoms with Crippen molar-refractivity contribution in [1.82, 2.24) is 19.8 Å². The van der Waals surface area contributed by atoms with Crippen LogP contribution in [0.15, 0.2) is 53.4 Å². The van der Waals surface area contributed by atoms with Crippen LogP contribution in [0.2, 0.25) is 0 Å². The van der Waals surface area contributed by atoms with Crippen LogP contribution in [0, 0.1) is 25.7 Å². The van der Waals surface area contributed by atoms with Gasteiger partial charge in [0.25, 0.3) is 10.0 Å². The van der Waals surface area contributed by atoms with Gasteiger partial charge in [0.2, 0.25) is 17.7 Å². The molecule has 1 amide bonds. The number of amides is 1. The third kappa shape index (κ3) is 6.29. The number of piperidine rings is 1. The number of nitrogens with one attached hydrogen (secondary N) is 1. The maximum Gasteiger partial charge on any atom is 0.264 e. The number of sulfonamides is 1. The molecule has 3 aliphatic heterocycles. The van der Waals surface area contributed by atoms with Gasteiger partial charge in [0.15, 0.2) is 0 Å². The van der Waals surface area contributed by atoms with Gasteiger partial charge >= 0.3 is 0 Å². The SMILES string of the molecule is Cc1cccc(C)c1-c1cc2nc(n1)NS(=O)(=O)c1cccc(c1)CC1CCN(C(=O)CCN3CCCC3)CC1CO2. The molecule has 2 unspecified atom stereocenters. The predicted octanol–water partition coefficient (Wildman–Crippen LogP) is 4.45. The number of rotatable bonds is 4. The summed E-state index contributed by atoms with van der Waals surface area (Å²) in [6.45, 7) is 8.68. The highest BCUT2D eigenvalue weighted by molar-refractivity contribution is 7.92. The number of carbonyl (C=O) groups is 1. The summed E-state index contributed by atoms with van der Waals surface area (Å²) in [5, 5.41) is 0. The highest BCUT2D eigenvalue weighted by atomic mass is 32.2. The highest BCUT2D eigenvalue weighted by Gasteiger charge is 2.33. The Morgan fingerprint density at radius 3 is 2.55 bits per heavy atom. The number of ether oxygens (including phenoxy) is 1. The van der Waals surface area contributed by atoms with E-state index in [9.17, 15) is 13.2 Å². The first-order valence-electron chi connectivity index (χ1n) is 15.0. The molecule has 0 radical (unpaired) electrons. The van der Waals surface area contributed by atoms with Crippen molar-refractivity contribution in [2.75, 3.05) is 44.1 Å². The second-order valence-corrected chi connectivity index (χ2v) is 13.6. The summed E-state index contributed by atoms with van der Waals surface area (Å²) in [6.07, 6.45) is 4.52. The molecule has 222 valence electrons. The smallest absolute Gasteiger partial charge is 0.264 e. The van der Waals surface area contributed by atoms with Crippen molar-refractivity contribution in [1.29, 1.82) is 0 Å². The first kappa shape index (κ1) is 28.6. The number of aromatic nitrogens is 2. The van der Waals surface area contributed by atoms with Gasteiger partial charge in [-0.05, 0) is 87.4 Å². The monoisotopic (exact) mass is 589 g/mol. The van der Waals surface area contributed by atoms with E-state index in [4.69, 9.17) is 4.74 Å². The summed E-state index contributed by atoms with van der Waals surface area (Å²) in [5.74, 6) is 0.780. The molecule has 9 nitrogen and oxygen atoms in total. The van der Waals surface area contributed by atoms with E-state index in [2.05, 4.69) is 19.6 Å². The quantitative estimate of drug-likeness (QED) is 0.480. The Morgan fingerprint density at radius 2 is 1.76 bits per heavy atom. The average molecular weight is 590 g/mol. The van der Waals surface area contributed by atoms with E-state index in [0.29, 0.717) is 44.1 Å². The highest BCUT2D eigenvalue weighted by Crippen LogP contribution is 2.33. The Bertz CT molecular complexity index is 1550. The Morgan fingerprint density at radius 1 is 1.00 bits per heavy atom. The summed E-state index contributed by atoms with van der Waals surface area (Å²) in [5.41, 5.74) is 4.51. The molecule has 0 spiro atoms. The van der Waals surface area contributed by atoms with Crippen LogP contribution in [-0.4, -0.2) is 73.4 Å². The van der Waals surface area contributed by atoms with Crippen LogP contribution in [0.3, 0.4) is 0 Å². The van der Waals surface area contributed by atoms with Gasteiger partial charge in [0.1, 0.15) is 0 Å². The molecular formula is C32H39N5O4S. The largest absolute Gasteiger partial charge is 0.477 e. The third-order valence-corrected chi connectivity index (χ3v) is 10.2. The zero-order chi connectivity index (χ0) is 29.3. The first-order valence-corrected chi connectivity index (χ1v) is 16.4. The topological polar surface area (TPSA) is 105 Å². The Hall–Kier alpha value is -3.50. The minimum Gasteiger partial charge on any atom is -0.477 e. The number of aryl methyl sites for hydroxylation is 2. The molecule has 0 aliphatic carbocycles. The Balaban J connectivity index is 1.32. The minimum absolute atomic E-state index is 0.0336. The van der Waals surface area contributed by atoms with Crippen molar-refractivity contribution in [3.8, 4) is 17.1 Å². The molecule has 3 aromatic rings. The van der Waals surface area contributed by atoms with Crippen LogP contribution in [0.5, 0.6) is 5.88 Å². The molecule has 2 fully saturated rings. The van der Waals surface area contributed by atoms with Gasteiger partial charge in [0, 0.05) is 43.6 Å². The predicted molar refractivity (Wildman–Crippen MR) is 162 cm³/mol. The van der Waals surface area contributed by atoms with Gasteiger partial charge in [-0.25, -0.2) is 18.1 Å².